The van der Waals surface area contributed by atoms with E-state index in [-0.39, 0.29) is 0 Å². The van der Waals surface area contributed by atoms with Gasteiger partial charge in [0.05, 0.1) is 6.61 Å². The van der Waals surface area contributed by atoms with E-state index in [1.165, 1.54) is 0 Å². The summed E-state index contributed by atoms with van der Waals surface area (Å²) in [4.78, 5) is 0. The van der Waals surface area contributed by atoms with Crippen LogP contribution in [0, 0.1) is 0 Å². The Kier molecular flexibility index (Phi) is 4.45. The molecule has 19 heavy (non-hydrogen) atoms. The zero-order valence-electron chi connectivity index (χ0n) is 10.6. The Morgan fingerprint density at radius 3 is 2.79 bits per heavy atom. The van der Waals surface area contributed by atoms with Crippen LogP contribution in [-0.2, 0) is 0 Å². The van der Waals surface area contributed by atoms with Gasteiger partial charge in [-0.3, -0.25) is 0 Å². The molecule has 0 heterocycles. The van der Waals surface area contributed by atoms with Crippen molar-refractivity contribution >= 4 is 21.6 Å². The zero-order chi connectivity index (χ0) is 13.8. The smallest absolute Gasteiger partial charge is 0.119 e. The number of aliphatic hydroxyl groups excluding tert-OH is 1. The summed E-state index contributed by atoms with van der Waals surface area (Å²) in [6.45, 7) is 2.52. The normalized spacial score (nSPS) is 12.2. The first-order valence-electron chi connectivity index (χ1n) is 6.07. The predicted molar refractivity (Wildman–Crippen MR) is 80.2 cm³/mol. The third-order valence-electron chi connectivity index (χ3n) is 2.83. The average molecular weight is 322 g/mol. The zero-order valence-corrected chi connectivity index (χ0v) is 12.2. The highest BCUT2D eigenvalue weighted by Gasteiger charge is 2.14. The van der Waals surface area contributed by atoms with E-state index >= 15 is 0 Å². The maximum atomic E-state index is 10.4. The van der Waals surface area contributed by atoms with Gasteiger partial charge in [0, 0.05) is 15.7 Å². The van der Waals surface area contributed by atoms with Crippen LogP contribution >= 0.6 is 15.9 Å². The molecule has 0 aliphatic rings. The monoisotopic (exact) mass is 321 g/mol. The summed E-state index contributed by atoms with van der Waals surface area (Å²) in [6, 6.07) is 12.9. The van der Waals surface area contributed by atoms with Crippen molar-refractivity contribution in [2.24, 2.45) is 0 Å². The second-order valence-electron chi connectivity index (χ2n) is 4.18. The number of rotatable bonds is 4. The molecular formula is C15H16BrNO2. The summed E-state index contributed by atoms with van der Waals surface area (Å²) in [5.74, 6) is 0.743. The predicted octanol–water partition coefficient (Wildman–Crippen LogP) is 3.51. The third-order valence-corrected chi connectivity index (χ3v) is 3.32. The summed E-state index contributed by atoms with van der Waals surface area (Å²) in [5, 5.41) is 10.4. The molecule has 2 aromatic carbocycles. The number of aliphatic hydroxyl groups is 1. The van der Waals surface area contributed by atoms with Crippen LogP contribution in [0.1, 0.15) is 24.2 Å². The van der Waals surface area contributed by atoms with Gasteiger partial charge in [-0.05, 0) is 42.8 Å². The Hall–Kier alpha value is -1.52. The largest absolute Gasteiger partial charge is 0.494 e. The molecule has 0 aliphatic heterocycles. The summed E-state index contributed by atoms with van der Waals surface area (Å²) in [7, 11) is 0. The number of hydrogen-bond donors (Lipinski definition) is 2. The summed E-state index contributed by atoms with van der Waals surface area (Å²) >= 11 is 3.39. The molecule has 0 bridgehead atoms. The molecule has 100 valence electrons. The first-order chi connectivity index (χ1) is 9.11. The lowest BCUT2D eigenvalue weighted by atomic mass is 10.00. The summed E-state index contributed by atoms with van der Waals surface area (Å²) < 4.78 is 6.32. The van der Waals surface area contributed by atoms with Crippen LogP contribution in [-0.4, -0.2) is 11.7 Å². The van der Waals surface area contributed by atoms with Gasteiger partial charge >= 0.3 is 0 Å². The molecule has 0 saturated heterocycles. The fourth-order valence-corrected chi connectivity index (χ4v) is 2.28. The van der Waals surface area contributed by atoms with Crippen molar-refractivity contribution in [1.82, 2.24) is 0 Å². The van der Waals surface area contributed by atoms with Crippen molar-refractivity contribution in [2.45, 2.75) is 13.0 Å². The number of halogens is 1. The van der Waals surface area contributed by atoms with Crippen LogP contribution in [0.2, 0.25) is 0 Å². The molecule has 0 aliphatic carbocycles. The maximum absolute atomic E-state index is 10.4. The van der Waals surface area contributed by atoms with Crippen LogP contribution in [0.4, 0.5) is 5.69 Å². The first-order valence-corrected chi connectivity index (χ1v) is 6.87. The van der Waals surface area contributed by atoms with E-state index in [1.54, 1.807) is 6.07 Å². The molecule has 1 atom stereocenters. The first kappa shape index (κ1) is 13.9. The Labute approximate surface area is 121 Å². The molecule has 0 amide bonds. The molecule has 2 aromatic rings. The lowest BCUT2D eigenvalue weighted by molar-refractivity contribution is 0.220. The Morgan fingerprint density at radius 1 is 1.26 bits per heavy atom. The van der Waals surface area contributed by atoms with Gasteiger partial charge in [-0.15, -0.1) is 0 Å². The molecule has 1 unspecified atom stereocenters. The highest BCUT2D eigenvalue weighted by Crippen LogP contribution is 2.30. The topological polar surface area (TPSA) is 55.5 Å². The fraction of sp³-hybridized carbons (Fsp3) is 0.200. The molecule has 0 saturated carbocycles. The highest BCUT2D eigenvalue weighted by molar-refractivity contribution is 9.10. The minimum atomic E-state index is -0.766. The number of nitrogens with two attached hydrogens (primary N) is 1. The van der Waals surface area contributed by atoms with Crippen molar-refractivity contribution in [3.8, 4) is 5.75 Å². The van der Waals surface area contributed by atoms with E-state index in [1.807, 2.05) is 43.3 Å². The van der Waals surface area contributed by atoms with E-state index in [9.17, 15) is 5.11 Å². The van der Waals surface area contributed by atoms with E-state index in [2.05, 4.69) is 15.9 Å². The number of nitrogen functional groups attached to an aromatic ring is 1. The average Bonchev–Trinajstić information content (AvgIpc) is 2.41. The molecule has 3 nitrogen and oxygen atoms in total. The van der Waals surface area contributed by atoms with Crippen LogP contribution in [0.15, 0.2) is 46.9 Å². The molecule has 0 spiro atoms. The Balaban J connectivity index is 2.35. The van der Waals surface area contributed by atoms with E-state index in [4.69, 9.17) is 10.5 Å². The second kappa shape index (κ2) is 6.08. The van der Waals surface area contributed by atoms with Crippen molar-refractivity contribution in [3.05, 3.63) is 58.1 Å². The van der Waals surface area contributed by atoms with Crippen LogP contribution < -0.4 is 10.5 Å². The lowest BCUT2D eigenvalue weighted by Gasteiger charge is -2.15. The third kappa shape index (κ3) is 3.28. The molecule has 0 radical (unpaired) electrons. The summed E-state index contributed by atoms with van der Waals surface area (Å²) in [6.07, 6.45) is -0.766. The van der Waals surface area contributed by atoms with Crippen molar-refractivity contribution in [3.63, 3.8) is 0 Å². The van der Waals surface area contributed by atoms with Crippen LogP contribution in [0.25, 0.3) is 0 Å². The number of anilines is 1. The maximum Gasteiger partial charge on any atom is 0.119 e. The quantitative estimate of drug-likeness (QED) is 0.847. The lowest BCUT2D eigenvalue weighted by Crippen LogP contribution is -2.04. The minimum absolute atomic E-state index is 0.567. The Bertz CT molecular complexity index is 572. The van der Waals surface area contributed by atoms with E-state index < -0.39 is 6.10 Å². The van der Waals surface area contributed by atoms with E-state index in [0.717, 1.165) is 15.8 Å². The van der Waals surface area contributed by atoms with Crippen molar-refractivity contribution in [1.29, 1.82) is 0 Å². The van der Waals surface area contributed by atoms with Gasteiger partial charge in [-0.2, -0.15) is 0 Å². The SMILES string of the molecule is CCOc1cccc(C(O)c2cc(Br)ccc2N)c1. The van der Waals surface area contributed by atoms with E-state index in [0.29, 0.717) is 17.9 Å². The Morgan fingerprint density at radius 2 is 2.05 bits per heavy atom. The molecule has 3 N–H and O–H groups in total. The van der Waals surface area contributed by atoms with Gasteiger partial charge in [-0.25, -0.2) is 0 Å². The molecule has 2 rings (SSSR count). The standard InChI is InChI=1S/C15H16BrNO2/c1-2-19-12-5-3-4-10(8-12)15(18)13-9-11(16)6-7-14(13)17/h3-9,15,18H,2,17H2,1H3. The van der Waals surface area contributed by atoms with Gasteiger partial charge in [0.2, 0.25) is 0 Å². The minimum Gasteiger partial charge on any atom is -0.494 e. The van der Waals surface area contributed by atoms with Gasteiger partial charge in [-0.1, -0.05) is 28.1 Å². The number of hydrogen-bond acceptors (Lipinski definition) is 3. The van der Waals surface area contributed by atoms with Crippen LogP contribution in [0.5, 0.6) is 5.75 Å². The number of ether oxygens (including phenoxy) is 1. The van der Waals surface area contributed by atoms with Crippen molar-refractivity contribution < 1.29 is 9.84 Å². The van der Waals surface area contributed by atoms with Gasteiger partial charge < -0.3 is 15.6 Å². The van der Waals surface area contributed by atoms with Gasteiger partial charge in [0.25, 0.3) is 0 Å². The number of benzene rings is 2. The molecule has 0 fully saturated rings. The van der Waals surface area contributed by atoms with Crippen molar-refractivity contribution in [2.75, 3.05) is 12.3 Å². The second-order valence-corrected chi connectivity index (χ2v) is 5.10. The molecule has 0 aromatic heterocycles. The summed E-state index contributed by atoms with van der Waals surface area (Å²) in [5.41, 5.74) is 7.92. The highest BCUT2D eigenvalue weighted by atomic mass is 79.9. The molecular weight excluding hydrogens is 306 g/mol. The fourth-order valence-electron chi connectivity index (χ4n) is 1.90. The van der Waals surface area contributed by atoms with Gasteiger partial charge in [0.1, 0.15) is 11.9 Å². The van der Waals surface area contributed by atoms with Crippen LogP contribution in [0.3, 0.4) is 0 Å². The molecule has 4 heteroatoms. The van der Waals surface area contributed by atoms with Gasteiger partial charge in [0.15, 0.2) is 0 Å².